The summed E-state index contributed by atoms with van der Waals surface area (Å²) in [6.45, 7) is 0. The van der Waals surface area contributed by atoms with Crippen LogP contribution in [0.15, 0.2) is 60.7 Å². The second-order valence-electron chi connectivity index (χ2n) is 4.59. The summed E-state index contributed by atoms with van der Waals surface area (Å²) in [5.41, 5.74) is 6.79. The van der Waals surface area contributed by atoms with Crippen molar-refractivity contribution in [2.75, 3.05) is 5.73 Å². The van der Waals surface area contributed by atoms with Crippen molar-refractivity contribution in [3.63, 3.8) is 0 Å². The van der Waals surface area contributed by atoms with Crippen molar-refractivity contribution >= 4 is 22.2 Å². The molecule has 0 unspecified atom stereocenters. The predicted molar refractivity (Wildman–Crippen MR) is 78.2 cm³/mol. The monoisotopic (exact) mass is 265 g/mol. The van der Waals surface area contributed by atoms with Crippen molar-refractivity contribution in [3.8, 4) is 0 Å². The molecule has 0 heterocycles. The number of carbonyl (C=O) groups is 1. The van der Waals surface area contributed by atoms with E-state index >= 15 is 0 Å². The molecule has 0 aromatic heterocycles. The van der Waals surface area contributed by atoms with E-state index in [-0.39, 0.29) is 11.5 Å². The third kappa shape index (κ3) is 2.03. The van der Waals surface area contributed by atoms with Crippen LogP contribution in [0, 0.1) is 5.82 Å². The first-order chi connectivity index (χ1) is 9.66. The number of nitrogens with two attached hydrogens (primary N) is 1. The van der Waals surface area contributed by atoms with Crippen LogP contribution in [0.1, 0.15) is 15.9 Å². The number of hydrogen-bond acceptors (Lipinski definition) is 2. The van der Waals surface area contributed by atoms with Gasteiger partial charge in [0.2, 0.25) is 0 Å². The minimum atomic E-state index is -0.447. The Hall–Kier alpha value is -2.68. The molecule has 0 aliphatic carbocycles. The van der Waals surface area contributed by atoms with Crippen molar-refractivity contribution in [1.82, 2.24) is 0 Å². The molecule has 2 nitrogen and oxygen atoms in total. The van der Waals surface area contributed by atoms with Gasteiger partial charge in [0, 0.05) is 16.8 Å². The molecule has 0 saturated carbocycles. The molecule has 98 valence electrons. The van der Waals surface area contributed by atoms with E-state index in [4.69, 9.17) is 5.73 Å². The Morgan fingerprint density at radius 1 is 0.900 bits per heavy atom. The van der Waals surface area contributed by atoms with Crippen molar-refractivity contribution in [2.45, 2.75) is 0 Å². The SMILES string of the molecule is Nc1cc(F)ccc1C(=O)c1cccc2ccccc12. The summed E-state index contributed by atoms with van der Waals surface area (Å²) in [6.07, 6.45) is 0. The molecule has 0 aliphatic heterocycles. The first-order valence-electron chi connectivity index (χ1n) is 6.24. The normalized spacial score (nSPS) is 10.7. The summed E-state index contributed by atoms with van der Waals surface area (Å²) < 4.78 is 13.1. The molecule has 0 spiro atoms. The van der Waals surface area contributed by atoms with Gasteiger partial charge in [0.05, 0.1) is 0 Å². The highest BCUT2D eigenvalue weighted by molar-refractivity contribution is 6.18. The van der Waals surface area contributed by atoms with Crippen LogP contribution in [0.25, 0.3) is 10.8 Å². The molecule has 0 saturated heterocycles. The molecule has 3 aromatic rings. The molecule has 0 atom stereocenters. The van der Waals surface area contributed by atoms with Gasteiger partial charge in [0.25, 0.3) is 0 Å². The molecule has 0 radical (unpaired) electrons. The van der Waals surface area contributed by atoms with Gasteiger partial charge < -0.3 is 5.73 Å². The molecular formula is C17H12FNO. The van der Waals surface area contributed by atoms with E-state index in [1.54, 1.807) is 6.07 Å². The largest absolute Gasteiger partial charge is 0.398 e. The average molecular weight is 265 g/mol. The van der Waals surface area contributed by atoms with Gasteiger partial charge in [-0.2, -0.15) is 0 Å². The number of ketones is 1. The average Bonchev–Trinajstić information content (AvgIpc) is 2.46. The lowest BCUT2D eigenvalue weighted by Crippen LogP contribution is -2.06. The highest BCUT2D eigenvalue weighted by Crippen LogP contribution is 2.24. The van der Waals surface area contributed by atoms with Gasteiger partial charge in [-0.15, -0.1) is 0 Å². The number of fused-ring (bicyclic) bond motifs is 1. The summed E-state index contributed by atoms with van der Waals surface area (Å²) in [5, 5.41) is 1.85. The maximum absolute atomic E-state index is 13.1. The van der Waals surface area contributed by atoms with Crippen LogP contribution in [0.4, 0.5) is 10.1 Å². The zero-order valence-electron chi connectivity index (χ0n) is 10.6. The zero-order valence-corrected chi connectivity index (χ0v) is 10.6. The fraction of sp³-hybridized carbons (Fsp3) is 0. The number of hydrogen-bond donors (Lipinski definition) is 1. The highest BCUT2D eigenvalue weighted by Gasteiger charge is 2.15. The Bertz CT molecular complexity index is 806. The molecule has 3 aromatic carbocycles. The predicted octanol–water partition coefficient (Wildman–Crippen LogP) is 3.79. The van der Waals surface area contributed by atoms with Gasteiger partial charge in [0.1, 0.15) is 5.82 Å². The van der Waals surface area contributed by atoms with Crippen LogP contribution >= 0.6 is 0 Å². The number of halogens is 1. The number of anilines is 1. The van der Waals surface area contributed by atoms with E-state index in [9.17, 15) is 9.18 Å². The van der Waals surface area contributed by atoms with Crippen LogP contribution in [0.5, 0.6) is 0 Å². The second-order valence-corrected chi connectivity index (χ2v) is 4.59. The van der Waals surface area contributed by atoms with Crippen LogP contribution in [0.2, 0.25) is 0 Å². The van der Waals surface area contributed by atoms with Crippen LogP contribution in [0.3, 0.4) is 0 Å². The number of rotatable bonds is 2. The van der Waals surface area contributed by atoms with Crippen LogP contribution in [-0.2, 0) is 0 Å². The van der Waals surface area contributed by atoms with Crippen molar-refractivity contribution in [2.24, 2.45) is 0 Å². The fourth-order valence-electron chi connectivity index (χ4n) is 2.31. The van der Waals surface area contributed by atoms with Crippen LogP contribution in [-0.4, -0.2) is 5.78 Å². The maximum Gasteiger partial charge on any atom is 0.195 e. The van der Waals surface area contributed by atoms with Crippen molar-refractivity contribution < 1.29 is 9.18 Å². The molecular weight excluding hydrogens is 253 g/mol. The van der Waals surface area contributed by atoms with Gasteiger partial charge in [0.15, 0.2) is 5.78 Å². The van der Waals surface area contributed by atoms with Gasteiger partial charge in [-0.05, 0) is 29.0 Å². The highest BCUT2D eigenvalue weighted by atomic mass is 19.1. The van der Waals surface area contributed by atoms with E-state index in [1.165, 1.54) is 18.2 Å². The number of benzene rings is 3. The van der Waals surface area contributed by atoms with Crippen LogP contribution < -0.4 is 5.73 Å². The molecule has 3 heteroatoms. The summed E-state index contributed by atoms with van der Waals surface area (Å²) in [6, 6.07) is 17.0. The minimum absolute atomic E-state index is 0.155. The third-order valence-electron chi connectivity index (χ3n) is 3.29. The Morgan fingerprint density at radius 2 is 1.65 bits per heavy atom. The number of carbonyl (C=O) groups excluding carboxylic acids is 1. The molecule has 0 bridgehead atoms. The standard InChI is InChI=1S/C17H12FNO/c18-12-8-9-15(16(19)10-12)17(20)14-7-3-5-11-4-1-2-6-13(11)14/h1-10H,19H2. The third-order valence-corrected chi connectivity index (χ3v) is 3.29. The lowest BCUT2D eigenvalue weighted by atomic mass is 9.96. The molecule has 3 rings (SSSR count). The lowest BCUT2D eigenvalue weighted by molar-refractivity contribution is 0.104. The van der Waals surface area contributed by atoms with Crippen molar-refractivity contribution in [1.29, 1.82) is 0 Å². The van der Waals surface area contributed by atoms with E-state index in [1.807, 2.05) is 36.4 Å². The molecule has 20 heavy (non-hydrogen) atoms. The first-order valence-corrected chi connectivity index (χ1v) is 6.24. The maximum atomic E-state index is 13.1. The zero-order chi connectivity index (χ0) is 14.1. The Kier molecular flexibility index (Phi) is 2.95. The lowest BCUT2D eigenvalue weighted by Gasteiger charge is -2.08. The Morgan fingerprint density at radius 3 is 2.45 bits per heavy atom. The summed E-state index contributed by atoms with van der Waals surface area (Å²) in [4.78, 5) is 12.6. The minimum Gasteiger partial charge on any atom is -0.398 e. The smallest absolute Gasteiger partial charge is 0.195 e. The van der Waals surface area contributed by atoms with Gasteiger partial charge >= 0.3 is 0 Å². The molecule has 0 aliphatic rings. The second kappa shape index (κ2) is 4.78. The Labute approximate surface area is 115 Å². The van der Waals surface area contributed by atoms with Crippen molar-refractivity contribution in [3.05, 3.63) is 77.6 Å². The summed E-state index contributed by atoms with van der Waals surface area (Å²) >= 11 is 0. The van der Waals surface area contributed by atoms with Gasteiger partial charge in [-0.3, -0.25) is 4.79 Å². The first kappa shape index (κ1) is 12.4. The van der Waals surface area contributed by atoms with E-state index in [0.29, 0.717) is 11.1 Å². The molecule has 0 amide bonds. The topological polar surface area (TPSA) is 43.1 Å². The molecule has 2 N–H and O–H groups in total. The number of nitrogen functional groups attached to an aromatic ring is 1. The quantitative estimate of drug-likeness (QED) is 0.566. The van der Waals surface area contributed by atoms with Gasteiger partial charge in [-0.25, -0.2) is 4.39 Å². The molecule has 0 fully saturated rings. The summed E-state index contributed by atoms with van der Waals surface area (Å²) in [5.74, 6) is -0.642. The fourth-order valence-corrected chi connectivity index (χ4v) is 2.31. The van der Waals surface area contributed by atoms with E-state index < -0.39 is 5.82 Å². The van der Waals surface area contributed by atoms with Gasteiger partial charge in [-0.1, -0.05) is 42.5 Å². The van der Waals surface area contributed by atoms with E-state index in [2.05, 4.69) is 0 Å². The van der Waals surface area contributed by atoms with E-state index in [0.717, 1.165) is 10.8 Å². The Balaban J connectivity index is 2.18. The summed E-state index contributed by atoms with van der Waals surface area (Å²) in [7, 11) is 0.